The Morgan fingerprint density at radius 1 is 1.32 bits per heavy atom. The maximum Gasteiger partial charge on any atom is 0.229 e. The van der Waals surface area contributed by atoms with Crippen LogP contribution < -0.4 is 10.2 Å². The molecule has 0 aliphatic carbocycles. The number of hydrogen-bond acceptors (Lipinski definition) is 10. The Labute approximate surface area is 190 Å². The molecule has 0 unspecified atom stereocenters. The van der Waals surface area contributed by atoms with E-state index in [-0.39, 0.29) is 11.1 Å². The number of anilines is 3. The third-order valence-electron chi connectivity index (χ3n) is 6.68. The van der Waals surface area contributed by atoms with Gasteiger partial charge in [-0.15, -0.1) is 0 Å². The van der Waals surface area contributed by atoms with Crippen molar-refractivity contribution < 1.29 is 4.74 Å². The molecule has 3 aliphatic rings. The summed E-state index contributed by atoms with van der Waals surface area (Å²) in [5.74, 6) is 1.19. The van der Waals surface area contributed by atoms with Gasteiger partial charge in [-0.2, -0.15) is 14.6 Å². The maximum atomic E-state index is 9.58. The van der Waals surface area contributed by atoms with Gasteiger partial charge in [0.05, 0.1) is 48.7 Å². The van der Waals surface area contributed by atoms with E-state index in [1.165, 1.54) is 11.5 Å². The Morgan fingerprint density at radius 2 is 2.13 bits per heavy atom. The SMILES string of the molecule is Cc1cc(Nc2ncc(Cl)c(N3CC(CC#N)(N4CCN(C)C5(COC5)C4)C3)n2)sn1. The van der Waals surface area contributed by atoms with Crippen molar-refractivity contribution in [1.29, 1.82) is 5.26 Å². The van der Waals surface area contributed by atoms with Gasteiger partial charge in [-0.1, -0.05) is 11.6 Å². The molecule has 11 heteroatoms. The third-order valence-corrected chi connectivity index (χ3v) is 7.74. The van der Waals surface area contributed by atoms with Crippen molar-refractivity contribution in [1.82, 2.24) is 24.1 Å². The highest BCUT2D eigenvalue weighted by Gasteiger charge is 2.55. The Balaban J connectivity index is 1.33. The number of nitrogens with zero attached hydrogens (tertiary/aromatic N) is 7. The molecule has 164 valence electrons. The molecule has 2 aromatic heterocycles. The first-order chi connectivity index (χ1) is 14.9. The zero-order valence-electron chi connectivity index (χ0n) is 17.6. The quantitative estimate of drug-likeness (QED) is 0.719. The summed E-state index contributed by atoms with van der Waals surface area (Å²) in [5, 5.41) is 14.2. The van der Waals surface area contributed by atoms with Gasteiger partial charge in [0.25, 0.3) is 0 Å². The van der Waals surface area contributed by atoms with Crippen LogP contribution in [0.3, 0.4) is 0 Å². The molecule has 3 saturated heterocycles. The maximum absolute atomic E-state index is 9.58. The highest BCUT2D eigenvalue weighted by atomic mass is 35.5. The predicted octanol–water partition coefficient (Wildman–Crippen LogP) is 2.13. The van der Waals surface area contributed by atoms with Crippen molar-refractivity contribution in [3.63, 3.8) is 0 Å². The van der Waals surface area contributed by atoms with Gasteiger partial charge in [0, 0.05) is 32.7 Å². The molecule has 2 aromatic rings. The van der Waals surface area contributed by atoms with E-state index < -0.39 is 0 Å². The molecule has 0 radical (unpaired) electrons. The summed E-state index contributed by atoms with van der Waals surface area (Å²) < 4.78 is 9.81. The second-order valence-corrected chi connectivity index (χ2v) is 10.0. The molecular weight excluding hydrogens is 436 g/mol. The number of hydrogen-bond donors (Lipinski definition) is 1. The summed E-state index contributed by atoms with van der Waals surface area (Å²) in [7, 11) is 2.17. The van der Waals surface area contributed by atoms with Gasteiger partial charge in [-0.05, 0) is 31.6 Å². The molecule has 5 heterocycles. The van der Waals surface area contributed by atoms with Gasteiger partial charge < -0.3 is 15.0 Å². The summed E-state index contributed by atoms with van der Waals surface area (Å²) >= 11 is 7.83. The first-order valence-corrected chi connectivity index (χ1v) is 11.5. The minimum atomic E-state index is -0.185. The smallest absolute Gasteiger partial charge is 0.229 e. The van der Waals surface area contributed by atoms with Gasteiger partial charge in [0.2, 0.25) is 5.95 Å². The van der Waals surface area contributed by atoms with Crippen molar-refractivity contribution in [2.45, 2.75) is 24.4 Å². The Bertz CT molecular complexity index is 1010. The van der Waals surface area contributed by atoms with Crippen LogP contribution in [0.1, 0.15) is 12.1 Å². The van der Waals surface area contributed by atoms with E-state index in [1.807, 2.05) is 13.0 Å². The van der Waals surface area contributed by atoms with Crippen molar-refractivity contribution in [2.24, 2.45) is 0 Å². The number of aryl methyl sites for hydroxylation is 1. The van der Waals surface area contributed by atoms with Crippen LogP contribution >= 0.6 is 23.1 Å². The van der Waals surface area contributed by atoms with Crippen LogP contribution in [-0.2, 0) is 4.74 Å². The number of nitriles is 1. The average molecular weight is 461 g/mol. The Kier molecular flexibility index (Phi) is 5.27. The minimum Gasteiger partial charge on any atom is -0.377 e. The van der Waals surface area contributed by atoms with Gasteiger partial charge >= 0.3 is 0 Å². The predicted molar refractivity (Wildman–Crippen MR) is 120 cm³/mol. The zero-order chi connectivity index (χ0) is 21.6. The van der Waals surface area contributed by atoms with E-state index in [2.05, 4.69) is 47.5 Å². The van der Waals surface area contributed by atoms with E-state index in [4.69, 9.17) is 16.3 Å². The fourth-order valence-corrected chi connectivity index (χ4v) is 5.54. The summed E-state index contributed by atoms with van der Waals surface area (Å²) in [4.78, 5) is 16.0. The Morgan fingerprint density at radius 3 is 2.77 bits per heavy atom. The van der Waals surface area contributed by atoms with Crippen LogP contribution in [0.15, 0.2) is 12.3 Å². The monoisotopic (exact) mass is 460 g/mol. The highest BCUT2D eigenvalue weighted by Crippen LogP contribution is 2.40. The molecule has 5 rings (SSSR count). The standard InChI is InChI=1S/C20H25ClN8OS/c1-14-7-16(31-26-14)24-18-23-8-15(21)17(25-18)28-9-19(10-28,3-4-22)29-6-5-27(2)20(11-29)12-30-13-20/h7-8H,3,5-6,9-13H2,1-2H3,(H,23,24,25). The van der Waals surface area contributed by atoms with Crippen molar-refractivity contribution in [2.75, 3.05) is 63.2 Å². The second-order valence-electron chi connectivity index (χ2n) is 8.80. The summed E-state index contributed by atoms with van der Waals surface area (Å²) in [6.45, 7) is 7.76. The fraction of sp³-hybridized carbons (Fsp3) is 0.600. The van der Waals surface area contributed by atoms with Crippen LogP contribution in [0, 0.1) is 18.3 Å². The Hall–Kier alpha value is -2.03. The molecular formula is C20H25ClN8OS. The van der Waals surface area contributed by atoms with Crippen LogP contribution in [0.5, 0.6) is 0 Å². The lowest BCUT2D eigenvalue weighted by Gasteiger charge is -2.62. The number of ether oxygens (including phenoxy) is 1. The van der Waals surface area contributed by atoms with Gasteiger partial charge in [0.1, 0.15) is 10.0 Å². The molecule has 0 bridgehead atoms. The molecule has 31 heavy (non-hydrogen) atoms. The molecule has 3 fully saturated rings. The molecule has 1 spiro atoms. The largest absolute Gasteiger partial charge is 0.377 e. The number of aromatic nitrogens is 3. The number of nitrogens with one attached hydrogen (secondary N) is 1. The molecule has 1 N–H and O–H groups in total. The summed E-state index contributed by atoms with van der Waals surface area (Å²) in [6.07, 6.45) is 2.11. The van der Waals surface area contributed by atoms with Crippen LogP contribution in [0.4, 0.5) is 16.8 Å². The lowest BCUT2D eigenvalue weighted by molar-refractivity contribution is -0.176. The van der Waals surface area contributed by atoms with E-state index in [1.54, 1.807) is 6.20 Å². The zero-order valence-corrected chi connectivity index (χ0v) is 19.2. The molecule has 3 aliphatic heterocycles. The number of rotatable bonds is 5. The fourth-order valence-electron chi connectivity index (χ4n) is 4.67. The molecule has 0 amide bonds. The number of likely N-dealkylation sites (N-methyl/N-ethyl adjacent to an activating group) is 1. The molecule has 9 nitrogen and oxygen atoms in total. The van der Waals surface area contributed by atoms with Crippen molar-refractivity contribution >= 4 is 39.9 Å². The van der Waals surface area contributed by atoms with Crippen LogP contribution in [0.2, 0.25) is 5.02 Å². The van der Waals surface area contributed by atoms with Crippen LogP contribution in [0.25, 0.3) is 0 Å². The minimum absolute atomic E-state index is 0.0810. The lowest BCUT2D eigenvalue weighted by Crippen LogP contribution is -2.78. The molecule has 0 atom stereocenters. The topological polar surface area (TPSA) is 93.4 Å². The third kappa shape index (κ3) is 3.64. The lowest BCUT2D eigenvalue weighted by atomic mass is 9.81. The van der Waals surface area contributed by atoms with Gasteiger partial charge in [-0.3, -0.25) is 9.80 Å². The summed E-state index contributed by atoms with van der Waals surface area (Å²) in [6, 6.07) is 4.37. The van der Waals surface area contributed by atoms with Gasteiger partial charge in [0.15, 0.2) is 5.82 Å². The number of piperazine rings is 1. The van der Waals surface area contributed by atoms with E-state index >= 15 is 0 Å². The first-order valence-electron chi connectivity index (χ1n) is 10.3. The summed E-state index contributed by atoms with van der Waals surface area (Å²) in [5.41, 5.74) is 0.847. The van der Waals surface area contributed by atoms with Crippen molar-refractivity contribution in [3.8, 4) is 6.07 Å². The molecule has 0 saturated carbocycles. The van der Waals surface area contributed by atoms with Crippen LogP contribution in [-0.4, -0.2) is 88.2 Å². The van der Waals surface area contributed by atoms with Crippen molar-refractivity contribution in [3.05, 3.63) is 23.0 Å². The number of halogens is 1. The molecule has 0 aromatic carbocycles. The highest BCUT2D eigenvalue weighted by molar-refractivity contribution is 7.10. The second kappa shape index (κ2) is 7.83. The van der Waals surface area contributed by atoms with E-state index in [0.29, 0.717) is 23.2 Å². The van der Waals surface area contributed by atoms with E-state index in [9.17, 15) is 5.26 Å². The first kappa shape index (κ1) is 20.8. The normalized spacial score (nSPS) is 22.6. The van der Waals surface area contributed by atoms with E-state index in [0.717, 1.165) is 56.6 Å². The average Bonchev–Trinajstić information content (AvgIpc) is 3.10. The van der Waals surface area contributed by atoms with Gasteiger partial charge in [-0.25, -0.2) is 4.98 Å².